The van der Waals surface area contributed by atoms with Crippen molar-refractivity contribution in [2.45, 2.75) is 30.2 Å². The Morgan fingerprint density at radius 3 is 2.56 bits per heavy atom. The van der Waals surface area contributed by atoms with Gasteiger partial charge < -0.3 is 9.47 Å². The van der Waals surface area contributed by atoms with Crippen LogP contribution in [0.4, 0.5) is 0 Å². The van der Waals surface area contributed by atoms with Gasteiger partial charge in [0.2, 0.25) is 10.0 Å². The van der Waals surface area contributed by atoms with Gasteiger partial charge in [-0.05, 0) is 60.5 Å². The average Bonchev–Trinajstić information content (AvgIpc) is 3.23. The lowest BCUT2D eigenvalue weighted by atomic mass is 10.0. The van der Waals surface area contributed by atoms with Crippen LogP contribution < -0.4 is 14.2 Å². The average molecular weight is 411 g/mol. The van der Waals surface area contributed by atoms with Crippen LogP contribution in [0.15, 0.2) is 39.9 Å². The molecule has 1 aromatic carbocycles. The first-order valence-electron chi connectivity index (χ1n) is 9.03. The molecule has 1 aromatic heterocycles. The SMILES string of the molecule is COc1ccc(OC)c(S(=O)(=O)NCC(c2ccsc2)N2CCCCC2)c1. The zero-order valence-corrected chi connectivity index (χ0v) is 17.3. The van der Waals surface area contributed by atoms with Crippen molar-refractivity contribution in [1.29, 1.82) is 0 Å². The minimum atomic E-state index is -3.74. The first-order valence-corrected chi connectivity index (χ1v) is 11.5. The van der Waals surface area contributed by atoms with Crippen molar-refractivity contribution in [3.8, 4) is 11.5 Å². The Balaban J connectivity index is 1.82. The topological polar surface area (TPSA) is 67.9 Å². The zero-order chi connectivity index (χ0) is 19.3. The van der Waals surface area contributed by atoms with Gasteiger partial charge in [0.15, 0.2) is 0 Å². The van der Waals surface area contributed by atoms with Gasteiger partial charge in [0.1, 0.15) is 16.4 Å². The maximum absolute atomic E-state index is 13.0. The van der Waals surface area contributed by atoms with Crippen LogP contribution in [0.25, 0.3) is 0 Å². The van der Waals surface area contributed by atoms with Crippen molar-refractivity contribution >= 4 is 21.4 Å². The standard InChI is InChI=1S/C19H26N2O4S2/c1-24-16-6-7-18(25-2)19(12-16)27(22,23)20-13-17(15-8-11-26-14-15)21-9-4-3-5-10-21/h6-8,11-12,14,17,20H,3-5,9-10,13H2,1-2H3. The minimum Gasteiger partial charge on any atom is -0.497 e. The van der Waals surface area contributed by atoms with E-state index in [2.05, 4.69) is 21.1 Å². The highest BCUT2D eigenvalue weighted by molar-refractivity contribution is 7.89. The Labute approximate surface area is 165 Å². The van der Waals surface area contributed by atoms with Gasteiger partial charge in [-0.1, -0.05) is 6.42 Å². The minimum absolute atomic E-state index is 0.0305. The summed E-state index contributed by atoms with van der Waals surface area (Å²) in [4.78, 5) is 2.46. The van der Waals surface area contributed by atoms with Crippen LogP contribution in [-0.2, 0) is 10.0 Å². The van der Waals surface area contributed by atoms with Crippen LogP contribution in [0.3, 0.4) is 0 Å². The lowest BCUT2D eigenvalue weighted by Crippen LogP contribution is -2.40. The third kappa shape index (κ3) is 4.82. The number of thiophene rings is 1. The predicted molar refractivity (Wildman–Crippen MR) is 107 cm³/mol. The molecule has 0 saturated carbocycles. The van der Waals surface area contributed by atoms with Crippen molar-refractivity contribution < 1.29 is 17.9 Å². The lowest BCUT2D eigenvalue weighted by molar-refractivity contribution is 0.165. The number of nitrogens with zero attached hydrogens (tertiary/aromatic N) is 1. The first kappa shape index (κ1) is 20.1. The molecule has 0 spiro atoms. The Bertz CT molecular complexity index is 831. The predicted octanol–water partition coefficient (Wildman–Crippen LogP) is 3.27. The van der Waals surface area contributed by atoms with Crippen LogP contribution in [0.2, 0.25) is 0 Å². The molecule has 0 bridgehead atoms. The van der Waals surface area contributed by atoms with Gasteiger partial charge >= 0.3 is 0 Å². The van der Waals surface area contributed by atoms with Gasteiger partial charge in [0, 0.05) is 18.7 Å². The van der Waals surface area contributed by atoms with E-state index in [1.165, 1.54) is 26.7 Å². The molecule has 1 N–H and O–H groups in total. The van der Waals surface area contributed by atoms with Gasteiger partial charge in [0.25, 0.3) is 0 Å². The highest BCUT2D eigenvalue weighted by Crippen LogP contribution is 2.30. The molecular formula is C19H26N2O4S2. The summed E-state index contributed by atoms with van der Waals surface area (Å²) in [7, 11) is -0.769. The molecule has 1 aliphatic heterocycles. The van der Waals surface area contributed by atoms with Crippen molar-refractivity contribution in [3.05, 3.63) is 40.6 Å². The number of likely N-dealkylation sites (tertiary alicyclic amines) is 1. The Kier molecular flexibility index (Phi) is 6.75. The molecule has 0 aliphatic carbocycles. The second-order valence-electron chi connectivity index (χ2n) is 6.54. The molecule has 0 radical (unpaired) electrons. The van der Waals surface area contributed by atoms with Crippen molar-refractivity contribution in [3.63, 3.8) is 0 Å². The largest absolute Gasteiger partial charge is 0.497 e. The highest BCUT2D eigenvalue weighted by Gasteiger charge is 2.26. The Morgan fingerprint density at radius 2 is 1.93 bits per heavy atom. The number of benzene rings is 1. The number of hydrogen-bond donors (Lipinski definition) is 1. The summed E-state index contributed by atoms with van der Waals surface area (Å²) in [6.45, 7) is 2.30. The monoisotopic (exact) mass is 410 g/mol. The first-order chi connectivity index (χ1) is 13.0. The summed E-state index contributed by atoms with van der Waals surface area (Å²) in [6.07, 6.45) is 3.54. The maximum atomic E-state index is 13.0. The molecule has 2 heterocycles. The van der Waals surface area contributed by atoms with E-state index in [0.29, 0.717) is 18.0 Å². The normalized spacial score (nSPS) is 16.8. The van der Waals surface area contributed by atoms with Gasteiger partial charge in [-0.2, -0.15) is 11.3 Å². The van der Waals surface area contributed by atoms with Gasteiger partial charge in [-0.15, -0.1) is 0 Å². The molecule has 3 rings (SSSR count). The van der Waals surface area contributed by atoms with E-state index in [4.69, 9.17) is 9.47 Å². The number of rotatable bonds is 8. The van der Waals surface area contributed by atoms with Crippen LogP contribution in [0.5, 0.6) is 11.5 Å². The van der Waals surface area contributed by atoms with Crippen molar-refractivity contribution in [2.75, 3.05) is 33.9 Å². The molecule has 1 unspecified atom stereocenters. The van der Waals surface area contributed by atoms with E-state index in [-0.39, 0.29) is 10.9 Å². The molecule has 1 atom stereocenters. The lowest BCUT2D eigenvalue weighted by Gasteiger charge is -2.34. The van der Waals surface area contributed by atoms with E-state index in [0.717, 1.165) is 31.5 Å². The summed E-state index contributed by atoms with van der Waals surface area (Å²) < 4.78 is 39.2. The van der Waals surface area contributed by atoms with E-state index in [1.807, 2.05) is 5.38 Å². The molecule has 6 nitrogen and oxygen atoms in total. The number of nitrogens with one attached hydrogen (secondary N) is 1. The van der Waals surface area contributed by atoms with Crippen LogP contribution in [0, 0.1) is 0 Å². The number of piperidine rings is 1. The fourth-order valence-corrected chi connectivity index (χ4v) is 5.34. The molecule has 148 valence electrons. The summed E-state index contributed by atoms with van der Waals surface area (Å²) in [5, 5.41) is 4.13. The molecule has 0 amide bonds. The number of hydrogen-bond acceptors (Lipinski definition) is 6. The molecule has 1 fully saturated rings. The second kappa shape index (κ2) is 9.05. The molecule has 27 heavy (non-hydrogen) atoms. The number of ether oxygens (including phenoxy) is 2. The third-order valence-corrected chi connectivity index (χ3v) is 7.03. The Morgan fingerprint density at radius 1 is 1.15 bits per heavy atom. The van der Waals surface area contributed by atoms with E-state index in [9.17, 15) is 8.42 Å². The molecular weight excluding hydrogens is 384 g/mol. The Hall–Kier alpha value is -1.61. The van der Waals surface area contributed by atoms with Crippen molar-refractivity contribution in [2.24, 2.45) is 0 Å². The summed E-state index contributed by atoms with van der Waals surface area (Å²) in [6, 6.07) is 6.88. The number of methoxy groups -OCH3 is 2. The second-order valence-corrected chi connectivity index (χ2v) is 9.05. The van der Waals surface area contributed by atoms with Crippen LogP contribution in [-0.4, -0.2) is 47.2 Å². The number of sulfonamides is 1. The van der Waals surface area contributed by atoms with E-state index in [1.54, 1.807) is 23.5 Å². The molecule has 1 aliphatic rings. The van der Waals surface area contributed by atoms with E-state index >= 15 is 0 Å². The quantitative estimate of drug-likeness (QED) is 0.723. The van der Waals surface area contributed by atoms with Crippen LogP contribution >= 0.6 is 11.3 Å². The van der Waals surface area contributed by atoms with Gasteiger partial charge in [0.05, 0.1) is 14.2 Å². The summed E-state index contributed by atoms with van der Waals surface area (Å²) in [5.74, 6) is 0.773. The van der Waals surface area contributed by atoms with Gasteiger partial charge in [-0.3, -0.25) is 4.90 Å². The fraction of sp³-hybridized carbons (Fsp3) is 0.474. The molecule has 2 aromatic rings. The molecule has 8 heteroatoms. The highest BCUT2D eigenvalue weighted by atomic mass is 32.2. The molecule has 1 saturated heterocycles. The third-order valence-electron chi connectivity index (χ3n) is 4.89. The zero-order valence-electron chi connectivity index (χ0n) is 15.7. The van der Waals surface area contributed by atoms with E-state index < -0.39 is 10.0 Å². The van der Waals surface area contributed by atoms with Gasteiger partial charge in [-0.25, -0.2) is 13.1 Å². The van der Waals surface area contributed by atoms with Crippen LogP contribution in [0.1, 0.15) is 30.9 Å². The fourth-order valence-electron chi connectivity index (χ4n) is 3.41. The van der Waals surface area contributed by atoms with Crippen molar-refractivity contribution in [1.82, 2.24) is 9.62 Å². The summed E-state index contributed by atoms with van der Waals surface area (Å²) >= 11 is 1.63. The summed E-state index contributed by atoms with van der Waals surface area (Å²) in [5.41, 5.74) is 1.15. The smallest absolute Gasteiger partial charge is 0.244 e. The maximum Gasteiger partial charge on any atom is 0.244 e.